The Hall–Kier alpha value is -1.20. The summed E-state index contributed by atoms with van der Waals surface area (Å²) in [7, 11) is 1.62. The van der Waals surface area contributed by atoms with E-state index in [-0.39, 0.29) is 11.9 Å². The molecule has 100 valence electrons. The van der Waals surface area contributed by atoms with Gasteiger partial charge in [0.1, 0.15) is 0 Å². The zero-order chi connectivity index (χ0) is 13.5. The molecule has 3 N–H and O–H groups in total. The number of thioether (sulfide) groups is 1. The minimum absolute atomic E-state index is 0.0146. The van der Waals surface area contributed by atoms with Crippen LogP contribution in [0.1, 0.15) is 12.5 Å². The van der Waals surface area contributed by atoms with Crippen molar-refractivity contribution in [2.45, 2.75) is 24.8 Å². The van der Waals surface area contributed by atoms with Gasteiger partial charge < -0.3 is 15.8 Å². The molecule has 0 aromatic heterocycles. The van der Waals surface area contributed by atoms with E-state index < -0.39 is 0 Å². The summed E-state index contributed by atoms with van der Waals surface area (Å²) in [5.74, 6) is 0.416. The molecule has 18 heavy (non-hydrogen) atoms. The number of rotatable bonds is 6. The van der Waals surface area contributed by atoms with Gasteiger partial charge in [-0.15, -0.1) is 11.8 Å². The number of ether oxygens (including phenoxy) is 1. The number of nitrogens with one attached hydrogen (secondary N) is 1. The van der Waals surface area contributed by atoms with Crippen molar-refractivity contribution in [2.24, 2.45) is 0 Å². The molecule has 0 saturated carbocycles. The van der Waals surface area contributed by atoms with Gasteiger partial charge in [0.15, 0.2) is 0 Å². The van der Waals surface area contributed by atoms with Crippen LogP contribution in [0.25, 0.3) is 0 Å². The van der Waals surface area contributed by atoms with Crippen LogP contribution in [0.5, 0.6) is 0 Å². The summed E-state index contributed by atoms with van der Waals surface area (Å²) < 4.78 is 4.96. The highest BCUT2D eigenvalue weighted by Gasteiger charge is 2.08. The number of amides is 1. The van der Waals surface area contributed by atoms with E-state index in [0.29, 0.717) is 12.4 Å². The number of carbonyl (C=O) groups is 1. The third kappa shape index (κ3) is 4.98. The van der Waals surface area contributed by atoms with Gasteiger partial charge in [0, 0.05) is 23.7 Å². The van der Waals surface area contributed by atoms with Crippen LogP contribution in [0.4, 0.5) is 5.69 Å². The van der Waals surface area contributed by atoms with Crippen molar-refractivity contribution in [3.8, 4) is 0 Å². The highest BCUT2D eigenvalue weighted by molar-refractivity contribution is 8.00. The number of anilines is 1. The maximum Gasteiger partial charge on any atom is 0.230 e. The number of methoxy groups -OCH3 is 1. The van der Waals surface area contributed by atoms with Crippen molar-refractivity contribution in [1.29, 1.82) is 0 Å². The molecule has 1 aromatic carbocycles. The molecule has 0 fully saturated rings. The van der Waals surface area contributed by atoms with E-state index in [9.17, 15) is 4.79 Å². The van der Waals surface area contributed by atoms with Gasteiger partial charge in [-0.25, -0.2) is 0 Å². The molecule has 5 heteroatoms. The summed E-state index contributed by atoms with van der Waals surface area (Å²) in [6, 6.07) is 5.74. The third-order valence-corrected chi connectivity index (χ3v) is 3.56. The van der Waals surface area contributed by atoms with Gasteiger partial charge in [-0.1, -0.05) is 0 Å². The maximum absolute atomic E-state index is 11.7. The third-order valence-electron chi connectivity index (χ3n) is 2.38. The molecular formula is C13H20N2O2S. The fourth-order valence-corrected chi connectivity index (χ4v) is 2.41. The first-order chi connectivity index (χ1) is 8.52. The number of nitrogens with two attached hydrogens (primary N) is 1. The number of hydrogen-bond acceptors (Lipinski definition) is 4. The minimum atomic E-state index is 0.0146. The lowest BCUT2D eigenvalue weighted by Crippen LogP contribution is -2.36. The van der Waals surface area contributed by atoms with Crippen LogP contribution in [-0.4, -0.2) is 31.4 Å². The maximum atomic E-state index is 11.7. The molecule has 0 radical (unpaired) electrons. The first kappa shape index (κ1) is 14.9. The molecule has 0 heterocycles. The van der Waals surface area contributed by atoms with Gasteiger partial charge in [0.25, 0.3) is 0 Å². The van der Waals surface area contributed by atoms with Crippen molar-refractivity contribution in [1.82, 2.24) is 5.32 Å². The predicted octanol–water partition coefficient (Wildman–Crippen LogP) is 1.82. The lowest BCUT2D eigenvalue weighted by Gasteiger charge is -2.12. The number of hydrogen-bond donors (Lipinski definition) is 2. The predicted molar refractivity (Wildman–Crippen MR) is 75.8 cm³/mol. The molecule has 1 aromatic rings. The average molecular weight is 268 g/mol. The van der Waals surface area contributed by atoms with Crippen molar-refractivity contribution < 1.29 is 9.53 Å². The Labute approximate surface area is 112 Å². The van der Waals surface area contributed by atoms with E-state index >= 15 is 0 Å². The van der Waals surface area contributed by atoms with Gasteiger partial charge in [-0.3, -0.25) is 4.79 Å². The Bertz CT molecular complexity index is 410. The first-order valence-corrected chi connectivity index (χ1v) is 6.78. The van der Waals surface area contributed by atoms with Crippen LogP contribution in [0.15, 0.2) is 23.1 Å². The standard InChI is InChI=1S/C13H20N2O2S/c1-9-6-11(14)4-5-12(9)18-8-13(16)15-10(2)7-17-3/h4-6,10H,7-8,14H2,1-3H3,(H,15,16). The molecule has 1 unspecified atom stereocenters. The van der Waals surface area contributed by atoms with Crippen molar-refractivity contribution in [3.63, 3.8) is 0 Å². The number of carbonyl (C=O) groups excluding carboxylic acids is 1. The summed E-state index contributed by atoms with van der Waals surface area (Å²) in [4.78, 5) is 12.7. The van der Waals surface area contributed by atoms with Gasteiger partial charge in [-0.05, 0) is 37.6 Å². The monoisotopic (exact) mass is 268 g/mol. The van der Waals surface area contributed by atoms with E-state index in [1.54, 1.807) is 7.11 Å². The van der Waals surface area contributed by atoms with Gasteiger partial charge in [0.05, 0.1) is 12.4 Å². The van der Waals surface area contributed by atoms with Gasteiger partial charge in [0.2, 0.25) is 5.91 Å². The van der Waals surface area contributed by atoms with Crippen LogP contribution in [0.2, 0.25) is 0 Å². The Morgan fingerprint density at radius 2 is 2.28 bits per heavy atom. The molecule has 0 saturated heterocycles. The lowest BCUT2D eigenvalue weighted by molar-refractivity contribution is -0.119. The Kier molecular flexibility index (Phi) is 6.01. The topological polar surface area (TPSA) is 64.3 Å². The zero-order valence-electron chi connectivity index (χ0n) is 11.0. The molecule has 0 bridgehead atoms. The quantitative estimate of drug-likeness (QED) is 0.610. The average Bonchev–Trinajstić information content (AvgIpc) is 2.28. The van der Waals surface area contributed by atoms with Crippen LogP contribution in [0.3, 0.4) is 0 Å². The molecular weight excluding hydrogens is 248 g/mol. The Balaban J connectivity index is 2.42. The van der Waals surface area contributed by atoms with E-state index in [2.05, 4.69) is 5.32 Å². The number of benzene rings is 1. The van der Waals surface area contributed by atoms with E-state index in [0.717, 1.165) is 16.1 Å². The zero-order valence-corrected chi connectivity index (χ0v) is 11.8. The second kappa shape index (κ2) is 7.28. The summed E-state index contributed by atoms with van der Waals surface area (Å²) in [6.07, 6.45) is 0. The lowest BCUT2D eigenvalue weighted by atomic mass is 10.2. The second-order valence-electron chi connectivity index (χ2n) is 4.24. The second-order valence-corrected chi connectivity index (χ2v) is 5.25. The molecule has 0 aliphatic rings. The molecule has 1 rings (SSSR count). The highest BCUT2D eigenvalue weighted by Crippen LogP contribution is 2.23. The molecule has 1 amide bonds. The molecule has 0 aliphatic heterocycles. The van der Waals surface area contributed by atoms with E-state index in [1.165, 1.54) is 11.8 Å². The van der Waals surface area contributed by atoms with Gasteiger partial charge in [-0.2, -0.15) is 0 Å². The Morgan fingerprint density at radius 1 is 1.56 bits per heavy atom. The summed E-state index contributed by atoms with van der Waals surface area (Å²) >= 11 is 1.52. The fraction of sp³-hybridized carbons (Fsp3) is 0.462. The van der Waals surface area contributed by atoms with Crippen molar-refractivity contribution in [3.05, 3.63) is 23.8 Å². The molecule has 0 aliphatic carbocycles. The first-order valence-electron chi connectivity index (χ1n) is 5.80. The molecule has 1 atom stereocenters. The van der Waals surface area contributed by atoms with Crippen LogP contribution >= 0.6 is 11.8 Å². The largest absolute Gasteiger partial charge is 0.399 e. The smallest absolute Gasteiger partial charge is 0.230 e. The summed E-state index contributed by atoms with van der Waals surface area (Å²) in [5.41, 5.74) is 7.52. The number of aryl methyl sites for hydroxylation is 1. The minimum Gasteiger partial charge on any atom is -0.399 e. The van der Waals surface area contributed by atoms with Crippen molar-refractivity contribution >= 4 is 23.4 Å². The SMILES string of the molecule is COCC(C)NC(=O)CSc1ccc(N)cc1C. The van der Waals surface area contributed by atoms with Crippen LogP contribution in [-0.2, 0) is 9.53 Å². The van der Waals surface area contributed by atoms with Crippen molar-refractivity contribution in [2.75, 3.05) is 25.2 Å². The summed E-state index contributed by atoms with van der Waals surface area (Å²) in [5, 5.41) is 2.87. The summed E-state index contributed by atoms with van der Waals surface area (Å²) in [6.45, 7) is 4.43. The van der Waals surface area contributed by atoms with Gasteiger partial charge >= 0.3 is 0 Å². The van der Waals surface area contributed by atoms with Crippen LogP contribution in [0, 0.1) is 6.92 Å². The fourth-order valence-electron chi connectivity index (χ4n) is 1.59. The normalized spacial score (nSPS) is 12.2. The molecule has 4 nitrogen and oxygen atoms in total. The highest BCUT2D eigenvalue weighted by atomic mass is 32.2. The van der Waals surface area contributed by atoms with Crippen LogP contribution < -0.4 is 11.1 Å². The Morgan fingerprint density at radius 3 is 2.89 bits per heavy atom. The number of nitrogen functional groups attached to an aromatic ring is 1. The van der Waals surface area contributed by atoms with E-state index in [4.69, 9.17) is 10.5 Å². The molecule has 0 spiro atoms. The van der Waals surface area contributed by atoms with E-state index in [1.807, 2.05) is 32.0 Å².